The average molecular weight is 260 g/mol. The van der Waals surface area contributed by atoms with Crippen molar-refractivity contribution in [3.8, 4) is 0 Å². The van der Waals surface area contributed by atoms with E-state index >= 15 is 0 Å². The van der Waals surface area contributed by atoms with E-state index in [1.54, 1.807) is 0 Å². The molecule has 0 spiro atoms. The van der Waals surface area contributed by atoms with Crippen molar-refractivity contribution in [2.24, 2.45) is 5.73 Å². The monoisotopic (exact) mass is 259 g/mol. The van der Waals surface area contributed by atoms with Gasteiger partial charge in [0.1, 0.15) is 0 Å². The van der Waals surface area contributed by atoms with E-state index in [-0.39, 0.29) is 5.54 Å². The zero-order chi connectivity index (χ0) is 13.2. The summed E-state index contributed by atoms with van der Waals surface area (Å²) >= 11 is 5.89. The lowest BCUT2D eigenvalue weighted by molar-refractivity contribution is 0.491. The van der Waals surface area contributed by atoms with Crippen LogP contribution in [0, 0.1) is 6.92 Å². The molecule has 0 aliphatic carbocycles. The van der Waals surface area contributed by atoms with Crippen molar-refractivity contribution in [3.05, 3.63) is 70.2 Å². The van der Waals surface area contributed by atoms with E-state index in [1.807, 2.05) is 24.3 Å². The van der Waals surface area contributed by atoms with E-state index in [4.69, 9.17) is 17.3 Å². The van der Waals surface area contributed by atoms with Gasteiger partial charge in [0.25, 0.3) is 0 Å². The molecule has 1 nitrogen and oxygen atoms in total. The second kappa shape index (κ2) is 5.13. The molecule has 0 fully saturated rings. The Morgan fingerprint density at radius 2 is 1.56 bits per heavy atom. The van der Waals surface area contributed by atoms with Gasteiger partial charge in [-0.3, -0.25) is 0 Å². The molecule has 0 bridgehead atoms. The molecule has 94 valence electrons. The second-order valence-electron chi connectivity index (χ2n) is 5.09. The van der Waals surface area contributed by atoms with Crippen LogP contribution in [0.3, 0.4) is 0 Å². The predicted molar refractivity (Wildman–Crippen MR) is 77.9 cm³/mol. The fourth-order valence-corrected chi connectivity index (χ4v) is 2.19. The van der Waals surface area contributed by atoms with Gasteiger partial charge in [0.05, 0.1) is 0 Å². The molecule has 2 rings (SSSR count). The molecule has 0 heterocycles. The van der Waals surface area contributed by atoms with Crippen LogP contribution in [0.1, 0.15) is 23.6 Å². The normalized spacial score (nSPS) is 14.2. The standard InChI is InChI=1S/C16H18ClN/c1-12-3-7-14(8-4-12)16(2,18)11-13-5-9-15(17)10-6-13/h3-10H,11,18H2,1-2H3. The fraction of sp³-hybridized carbons (Fsp3) is 0.250. The first-order valence-electron chi connectivity index (χ1n) is 6.08. The van der Waals surface area contributed by atoms with Crippen molar-refractivity contribution in [2.75, 3.05) is 0 Å². The molecule has 2 heteroatoms. The number of hydrogen-bond donors (Lipinski definition) is 1. The number of nitrogens with two attached hydrogens (primary N) is 1. The lowest BCUT2D eigenvalue weighted by Crippen LogP contribution is -2.35. The summed E-state index contributed by atoms with van der Waals surface area (Å²) in [6.07, 6.45) is 0.799. The topological polar surface area (TPSA) is 26.0 Å². The van der Waals surface area contributed by atoms with Gasteiger partial charge >= 0.3 is 0 Å². The highest BCUT2D eigenvalue weighted by Crippen LogP contribution is 2.23. The molecule has 0 aliphatic heterocycles. The van der Waals surface area contributed by atoms with Crippen LogP contribution in [0.25, 0.3) is 0 Å². The minimum absolute atomic E-state index is 0.360. The third-order valence-corrected chi connectivity index (χ3v) is 3.45. The molecule has 18 heavy (non-hydrogen) atoms. The molecule has 0 amide bonds. The van der Waals surface area contributed by atoms with Crippen LogP contribution in [-0.4, -0.2) is 0 Å². The van der Waals surface area contributed by atoms with Gasteiger partial charge in [0, 0.05) is 10.6 Å². The van der Waals surface area contributed by atoms with E-state index in [0.29, 0.717) is 0 Å². The van der Waals surface area contributed by atoms with Crippen LogP contribution in [0.2, 0.25) is 5.02 Å². The average Bonchev–Trinajstić information content (AvgIpc) is 2.32. The molecule has 2 aromatic carbocycles. The van der Waals surface area contributed by atoms with Crippen LogP contribution < -0.4 is 5.73 Å². The summed E-state index contributed by atoms with van der Waals surface area (Å²) in [6, 6.07) is 16.3. The number of rotatable bonds is 3. The van der Waals surface area contributed by atoms with Crippen molar-refractivity contribution in [1.29, 1.82) is 0 Å². The van der Waals surface area contributed by atoms with Crippen LogP contribution >= 0.6 is 11.6 Å². The third kappa shape index (κ3) is 3.12. The minimum Gasteiger partial charge on any atom is -0.321 e. The Labute approximate surface area is 114 Å². The van der Waals surface area contributed by atoms with Gasteiger partial charge < -0.3 is 5.73 Å². The van der Waals surface area contributed by atoms with Gasteiger partial charge in [-0.15, -0.1) is 0 Å². The quantitative estimate of drug-likeness (QED) is 0.884. The van der Waals surface area contributed by atoms with Crippen molar-refractivity contribution in [1.82, 2.24) is 0 Å². The first kappa shape index (κ1) is 13.1. The largest absolute Gasteiger partial charge is 0.321 e. The molecule has 0 aliphatic rings. The number of aryl methyl sites for hydroxylation is 1. The Morgan fingerprint density at radius 1 is 1.00 bits per heavy atom. The van der Waals surface area contributed by atoms with E-state index in [9.17, 15) is 0 Å². The fourth-order valence-electron chi connectivity index (χ4n) is 2.06. The molecule has 2 N–H and O–H groups in total. The first-order chi connectivity index (χ1) is 8.47. The Morgan fingerprint density at radius 3 is 2.11 bits per heavy atom. The lowest BCUT2D eigenvalue weighted by atomic mass is 9.86. The van der Waals surface area contributed by atoms with Crippen LogP contribution in [0.4, 0.5) is 0 Å². The third-order valence-electron chi connectivity index (χ3n) is 3.20. The Kier molecular flexibility index (Phi) is 3.74. The molecule has 0 aromatic heterocycles. The van der Waals surface area contributed by atoms with Crippen molar-refractivity contribution in [2.45, 2.75) is 25.8 Å². The molecule has 0 saturated heterocycles. The molecular formula is C16H18ClN. The number of halogens is 1. The predicted octanol–water partition coefficient (Wildman–Crippen LogP) is 4.07. The van der Waals surface area contributed by atoms with Gasteiger partial charge in [0.15, 0.2) is 0 Å². The van der Waals surface area contributed by atoms with Crippen molar-refractivity contribution >= 4 is 11.6 Å². The van der Waals surface area contributed by atoms with E-state index in [2.05, 4.69) is 38.1 Å². The van der Waals surface area contributed by atoms with Crippen LogP contribution in [0.15, 0.2) is 48.5 Å². The molecule has 1 unspecified atom stereocenters. The zero-order valence-electron chi connectivity index (χ0n) is 10.8. The van der Waals surface area contributed by atoms with Gasteiger partial charge in [-0.1, -0.05) is 53.6 Å². The summed E-state index contributed by atoms with van der Waals surface area (Å²) in [5, 5.41) is 0.757. The van der Waals surface area contributed by atoms with E-state index in [0.717, 1.165) is 17.0 Å². The van der Waals surface area contributed by atoms with Gasteiger partial charge in [0.2, 0.25) is 0 Å². The van der Waals surface area contributed by atoms with Crippen molar-refractivity contribution in [3.63, 3.8) is 0 Å². The zero-order valence-corrected chi connectivity index (χ0v) is 11.5. The summed E-state index contributed by atoms with van der Waals surface area (Å²) in [6.45, 7) is 4.14. The molecule has 1 atom stereocenters. The Bertz CT molecular complexity index is 512. The highest BCUT2D eigenvalue weighted by molar-refractivity contribution is 6.30. The molecule has 0 radical (unpaired) electrons. The summed E-state index contributed by atoms with van der Waals surface area (Å²) in [5.41, 5.74) is 9.67. The lowest BCUT2D eigenvalue weighted by Gasteiger charge is -2.25. The first-order valence-corrected chi connectivity index (χ1v) is 6.46. The van der Waals surface area contributed by atoms with Gasteiger partial charge in [-0.05, 0) is 43.5 Å². The van der Waals surface area contributed by atoms with Crippen LogP contribution in [0.5, 0.6) is 0 Å². The maximum Gasteiger partial charge on any atom is 0.0421 e. The Balaban J connectivity index is 2.20. The smallest absolute Gasteiger partial charge is 0.0421 e. The number of benzene rings is 2. The summed E-state index contributed by atoms with van der Waals surface area (Å²) in [7, 11) is 0. The molecule has 0 saturated carbocycles. The second-order valence-corrected chi connectivity index (χ2v) is 5.52. The minimum atomic E-state index is -0.360. The summed E-state index contributed by atoms with van der Waals surface area (Å²) in [5.74, 6) is 0. The van der Waals surface area contributed by atoms with Gasteiger partial charge in [-0.2, -0.15) is 0 Å². The van der Waals surface area contributed by atoms with E-state index < -0.39 is 0 Å². The van der Waals surface area contributed by atoms with Gasteiger partial charge in [-0.25, -0.2) is 0 Å². The number of hydrogen-bond acceptors (Lipinski definition) is 1. The van der Waals surface area contributed by atoms with Crippen molar-refractivity contribution < 1.29 is 0 Å². The highest BCUT2D eigenvalue weighted by atomic mass is 35.5. The summed E-state index contributed by atoms with van der Waals surface area (Å²) in [4.78, 5) is 0. The summed E-state index contributed by atoms with van der Waals surface area (Å²) < 4.78 is 0. The maximum absolute atomic E-state index is 6.43. The Hall–Kier alpha value is -1.31. The van der Waals surface area contributed by atoms with Crippen LogP contribution in [-0.2, 0) is 12.0 Å². The highest BCUT2D eigenvalue weighted by Gasteiger charge is 2.21. The SMILES string of the molecule is Cc1ccc(C(C)(N)Cc2ccc(Cl)cc2)cc1. The molecular weight excluding hydrogens is 242 g/mol. The van der Waals surface area contributed by atoms with E-state index in [1.165, 1.54) is 11.1 Å². The molecule has 2 aromatic rings. The maximum atomic E-state index is 6.43.